The van der Waals surface area contributed by atoms with Crippen molar-refractivity contribution in [2.75, 3.05) is 5.32 Å². The summed E-state index contributed by atoms with van der Waals surface area (Å²) in [6.07, 6.45) is -2.05. The zero-order valence-corrected chi connectivity index (χ0v) is 8.37. The van der Waals surface area contributed by atoms with Gasteiger partial charge in [-0.2, -0.15) is 5.26 Å². The van der Waals surface area contributed by atoms with Gasteiger partial charge in [0, 0.05) is 5.69 Å². The number of hydrogen-bond donors (Lipinski definition) is 1. The molecule has 80 valence electrons. The molecule has 1 atom stereocenters. The van der Waals surface area contributed by atoms with Gasteiger partial charge in [-0.25, -0.2) is 8.78 Å². The second-order valence-corrected chi connectivity index (χ2v) is 3.30. The Morgan fingerprint density at radius 1 is 1.33 bits per heavy atom. The summed E-state index contributed by atoms with van der Waals surface area (Å²) < 4.78 is 24.4. The van der Waals surface area contributed by atoms with Crippen LogP contribution in [0.2, 0.25) is 0 Å². The number of alkyl halides is 2. The minimum atomic E-state index is -2.39. The SMILES string of the molecule is CC(Nc1ccc(CC#N)cc1)C(F)F. The Kier molecular flexibility index (Phi) is 4.04. The van der Waals surface area contributed by atoms with Gasteiger partial charge in [-0.05, 0) is 24.6 Å². The van der Waals surface area contributed by atoms with Crippen LogP contribution in [0.5, 0.6) is 0 Å². The van der Waals surface area contributed by atoms with Gasteiger partial charge in [-0.3, -0.25) is 0 Å². The van der Waals surface area contributed by atoms with E-state index in [0.29, 0.717) is 12.1 Å². The van der Waals surface area contributed by atoms with E-state index in [1.54, 1.807) is 24.3 Å². The van der Waals surface area contributed by atoms with Gasteiger partial charge in [-0.15, -0.1) is 0 Å². The van der Waals surface area contributed by atoms with E-state index in [2.05, 4.69) is 5.32 Å². The highest BCUT2D eigenvalue weighted by Gasteiger charge is 2.13. The van der Waals surface area contributed by atoms with Gasteiger partial charge in [-0.1, -0.05) is 12.1 Å². The van der Waals surface area contributed by atoms with Crippen LogP contribution in [0, 0.1) is 11.3 Å². The monoisotopic (exact) mass is 210 g/mol. The highest BCUT2D eigenvalue weighted by molar-refractivity contribution is 5.45. The van der Waals surface area contributed by atoms with Gasteiger partial charge >= 0.3 is 0 Å². The summed E-state index contributed by atoms with van der Waals surface area (Å²) in [6, 6.07) is 8.06. The van der Waals surface area contributed by atoms with Crippen molar-refractivity contribution in [2.24, 2.45) is 0 Å². The number of halogens is 2. The third kappa shape index (κ3) is 3.55. The maximum absolute atomic E-state index is 12.2. The molecule has 0 saturated carbocycles. The standard InChI is InChI=1S/C11H12F2N2/c1-8(11(12)13)15-10-4-2-9(3-5-10)6-7-14/h2-5,8,11,15H,6H2,1H3. The van der Waals surface area contributed by atoms with Crippen molar-refractivity contribution < 1.29 is 8.78 Å². The predicted octanol–water partition coefficient (Wildman–Crippen LogP) is 2.82. The number of benzene rings is 1. The van der Waals surface area contributed by atoms with E-state index >= 15 is 0 Å². The van der Waals surface area contributed by atoms with Gasteiger partial charge in [0.1, 0.15) is 0 Å². The second-order valence-electron chi connectivity index (χ2n) is 3.30. The summed E-state index contributed by atoms with van der Waals surface area (Å²) in [5, 5.41) is 11.1. The first-order chi connectivity index (χ1) is 7.13. The molecule has 0 heterocycles. The second kappa shape index (κ2) is 5.30. The van der Waals surface area contributed by atoms with E-state index in [9.17, 15) is 8.78 Å². The summed E-state index contributed by atoms with van der Waals surface area (Å²) in [6.45, 7) is 1.42. The van der Waals surface area contributed by atoms with Gasteiger partial charge < -0.3 is 5.32 Å². The van der Waals surface area contributed by atoms with Crippen molar-refractivity contribution in [3.8, 4) is 6.07 Å². The molecule has 1 aromatic carbocycles. The first kappa shape index (κ1) is 11.4. The van der Waals surface area contributed by atoms with Crippen LogP contribution in [0.1, 0.15) is 12.5 Å². The lowest BCUT2D eigenvalue weighted by molar-refractivity contribution is 0.131. The maximum Gasteiger partial charge on any atom is 0.258 e. The molecule has 0 saturated heterocycles. The lowest BCUT2D eigenvalue weighted by Crippen LogP contribution is -2.23. The van der Waals surface area contributed by atoms with Gasteiger partial charge in [0.15, 0.2) is 0 Å². The molecule has 0 radical (unpaired) electrons. The minimum absolute atomic E-state index is 0.338. The number of hydrogen-bond acceptors (Lipinski definition) is 2. The molecule has 0 fully saturated rings. The van der Waals surface area contributed by atoms with Gasteiger partial charge in [0.2, 0.25) is 0 Å². The van der Waals surface area contributed by atoms with Crippen molar-refractivity contribution in [1.82, 2.24) is 0 Å². The van der Waals surface area contributed by atoms with Crippen LogP contribution >= 0.6 is 0 Å². The fourth-order valence-corrected chi connectivity index (χ4v) is 1.14. The zero-order valence-electron chi connectivity index (χ0n) is 8.37. The zero-order chi connectivity index (χ0) is 11.3. The fraction of sp³-hybridized carbons (Fsp3) is 0.364. The molecule has 1 aromatic rings. The molecule has 0 amide bonds. The van der Waals surface area contributed by atoms with Gasteiger partial charge in [0.05, 0.1) is 18.5 Å². The lowest BCUT2D eigenvalue weighted by Gasteiger charge is -2.14. The highest BCUT2D eigenvalue weighted by atomic mass is 19.3. The summed E-state index contributed by atoms with van der Waals surface area (Å²) >= 11 is 0. The number of anilines is 1. The average Bonchev–Trinajstić information content (AvgIpc) is 2.21. The Bertz CT molecular complexity index is 341. The molecule has 4 heteroatoms. The molecular formula is C11H12F2N2. The number of rotatable bonds is 4. The van der Waals surface area contributed by atoms with E-state index in [4.69, 9.17) is 5.26 Å². The molecule has 15 heavy (non-hydrogen) atoms. The molecule has 0 bridgehead atoms. The van der Waals surface area contributed by atoms with Crippen molar-refractivity contribution in [3.05, 3.63) is 29.8 Å². The van der Waals surface area contributed by atoms with Crippen LogP contribution < -0.4 is 5.32 Å². The Balaban J connectivity index is 2.61. The van der Waals surface area contributed by atoms with E-state index in [0.717, 1.165) is 5.56 Å². The van der Waals surface area contributed by atoms with Crippen LogP contribution in [0.4, 0.5) is 14.5 Å². The quantitative estimate of drug-likeness (QED) is 0.829. The lowest BCUT2D eigenvalue weighted by atomic mass is 10.1. The molecule has 2 nitrogen and oxygen atoms in total. The fourth-order valence-electron chi connectivity index (χ4n) is 1.14. The largest absolute Gasteiger partial charge is 0.377 e. The third-order valence-electron chi connectivity index (χ3n) is 2.01. The topological polar surface area (TPSA) is 35.8 Å². The highest BCUT2D eigenvalue weighted by Crippen LogP contribution is 2.13. The van der Waals surface area contributed by atoms with Crippen molar-refractivity contribution in [3.63, 3.8) is 0 Å². The van der Waals surface area contributed by atoms with Crippen LogP contribution in [0.3, 0.4) is 0 Å². The molecule has 0 aliphatic rings. The van der Waals surface area contributed by atoms with E-state index in [-0.39, 0.29) is 0 Å². The summed E-state index contributed by atoms with van der Waals surface area (Å²) in [4.78, 5) is 0. The molecule has 0 spiro atoms. The Labute approximate surface area is 87.5 Å². The van der Waals surface area contributed by atoms with Crippen LogP contribution in [0.15, 0.2) is 24.3 Å². The van der Waals surface area contributed by atoms with Crippen LogP contribution in [-0.2, 0) is 6.42 Å². The Hall–Kier alpha value is -1.63. The number of nitrogens with one attached hydrogen (secondary N) is 1. The van der Waals surface area contributed by atoms with Crippen molar-refractivity contribution in [2.45, 2.75) is 25.8 Å². The third-order valence-corrected chi connectivity index (χ3v) is 2.01. The van der Waals surface area contributed by atoms with E-state index in [1.807, 2.05) is 6.07 Å². The van der Waals surface area contributed by atoms with Crippen molar-refractivity contribution in [1.29, 1.82) is 5.26 Å². The van der Waals surface area contributed by atoms with E-state index < -0.39 is 12.5 Å². The maximum atomic E-state index is 12.2. The number of nitriles is 1. The normalized spacial score (nSPS) is 12.2. The molecular weight excluding hydrogens is 198 g/mol. The van der Waals surface area contributed by atoms with Crippen molar-refractivity contribution >= 4 is 5.69 Å². The van der Waals surface area contributed by atoms with Gasteiger partial charge in [0.25, 0.3) is 6.43 Å². The summed E-state index contributed by atoms with van der Waals surface area (Å²) in [7, 11) is 0. The first-order valence-corrected chi connectivity index (χ1v) is 4.64. The molecule has 1 unspecified atom stereocenters. The molecule has 1 N–H and O–H groups in total. The van der Waals surface area contributed by atoms with E-state index in [1.165, 1.54) is 6.92 Å². The average molecular weight is 210 g/mol. The molecule has 0 aliphatic carbocycles. The first-order valence-electron chi connectivity index (χ1n) is 4.64. The van der Waals surface area contributed by atoms with Crippen LogP contribution in [0.25, 0.3) is 0 Å². The molecule has 1 rings (SSSR count). The minimum Gasteiger partial charge on any atom is -0.377 e. The van der Waals surface area contributed by atoms with Crippen LogP contribution in [-0.4, -0.2) is 12.5 Å². The predicted molar refractivity (Wildman–Crippen MR) is 54.8 cm³/mol. The Morgan fingerprint density at radius 3 is 2.40 bits per heavy atom. The smallest absolute Gasteiger partial charge is 0.258 e. The molecule has 0 aliphatic heterocycles. The molecule has 0 aromatic heterocycles. The Morgan fingerprint density at radius 2 is 1.93 bits per heavy atom. The summed E-state index contributed by atoms with van der Waals surface area (Å²) in [5.74, 6) is 0. The number of nitrogens with zero attached hydrogens (tertiary/aromatic N) is 1. The summed E-state index contributed by atoms with van der Waals surface area (Å²) in [5.41, 5.74) is 1.53.